The minimum Gasteiger partial charge on any atom is -0.326 e. The fourth-order valence-electron chi connectivity index (χ4n) is 2.97. The molecule has 8 nitrogen and oxygen atoms in total. The molecule has 1 N–H and O–H groups in total. The molecule has 0 aliphatic heterocycles. The molecule has 0 spiro atoms. The van der Waals surface area contributed by atoms with Gasteiger partial charge in [0.25, 0.3) is 11.3 Å². The van der Waals surface area contributed by atoms with E-state index in [1.165, 1.54) is 18.7 Å². The average Bonchev–Trinajstić information content (AvgIpc) is 3.05. The van der Waals surface area contributed by atoms with Crippen molar-refractivity contribution in [2.45, 2.75) is 19.0 Å². The van der Waals surface area contributed by atoms with Gasteiger partial charge in [0, 0.05) is 24.5 Å². The van der Waals surface area contributed by atoms with Crippen LogP contribution in [-0.4, -0.2) is 36.3 Å². The fourth-order valence-corrected chi connectivity index (χ4v) is 3.30. The minimum absolute atomic E-state index is 0.145. The van der Waals surface area contributed by atoms with Crippen LogP contribution < -0.4 is 10.9 Å². The lowest BCUT2D eigenvalue weighted by Crippen LogP contribution is -2.20. The van der Waals surface area contributed by atoms with Crippen LogP contribution in [0.4, 0.5) is 5.69 Å². The van der Waals surface area contributed by atoms with Gasteiger partial charge in [-0.3, -0.25) is 14.2 Å². The molecule has 0 aliphatic rings. The van der Waals surface area contributed by atoms with Gasteiger partial charge in [-0.05, 0) is 43.5 Å². The number of hydrogen-bond donors (Lipinski definition) is 1. The number of fused-ring (bicyclic) bond motifs is 3. The highest BCUT2D eigenvalue weighted by Gasteiger charge is 2.14. The van der Waals surface area contributed by atoms with Crippen molar-refractivity contribution in [3.8, 4) is 5.69 Å². The molecule has 0 saturated heterocycles. The first-order valence-corrected chi connectivity index (χ1v) is 9.41. The summed E-state index contributed by atoms with van der Waals surface area (Å²) < 4.78 is 3.15. The van der Waals surface area contributed by atoms with E-state index in [-0.39, 0.29) is 11.5 Å². The number of amides is 1. The lowest BCUT2D eigenvalue weighted by molar-refractivity contribution is -0.114. The number of thioether (sulfide) groups is 1. The molecular formula is C18H16N6O2S. The van der Waals surface area contributed by atoms with Gasteiger partial charge < -0.3 is 5.32 Å². The number of pyridine rings is 1. The third-order valence-electron chi connectivity index (χ3n) is 4.15. The van der Waals surface area contributed by atoms with Crippen LogP contribution in [0, 0.1) is 6.92 Å². The van der Waals surface area contributed by atoms with Crippen LogP contribution in [0.3, 0.4) is 0 Å². The Bertz CT molecular complexity index is 1240. The van der Waals surface area contributed by atoms with Gasteiger partial charge in [-0.2, -0.15) is 9.50 Å². The van der Waals surface area contributed by atoms with E-state index < -0.39 is 0 Å². The first-order valence-electron chi connectivity index (χ1n) is 8.18. The second kappa shape index (κ2) is 6.51. The number of carbonyl (C=O) groups excluding carboxylic acids is 1. The zero-order valence-electron chi connectivity index (χ0n) is 14.9. The molecule has 3 heterocycles. The van der Waals surface area contributed by atoms with E-state index in [9.17, 15) is 9.59 Å². The summed E-state index contributed by atoms with van der Waals surface area (Å²) in [5.74, 6) is 0.329. The van der Waals surface area contributed by atoms with Gasteiger partial charge in [-0.15, -0.1) is 5.10 Å². The maximum absolute atomic E-state index is 13.1. The number of carbonyl (C=O) groups is 1. The molecule has 0 radical (unpaired) electrons. The standard InChI is InChI=1S/C18H16N6O2S/c1-10-15-14(24-17(19-10)21-18(22-24)27-3)8-9-23(16(15)26)13-6-4-12(5-7-13)20-11(2)25/h4-9H,1-3H3,(H,20,25). The number of anilines is 1. The summed E-state index contributed by atoms with van der Waals surface area (Å²) in [7, 11) is 0. The van der Waals surface area contributed by atoms with Crippen LogP contribution in [0.1, 0.15) is 12.6 Å². The molecule has 0 fully saturated rings. The number of rotatable bonds is 3. The SMILES string of the molecule is CSc1nc2nc(C)c3c(=O)n(-c4ccc(NC(C)=O)cc4)ccc3n2n1. The first kappa shape index (κ1) is 17.2. The monoisotopic (exact) mass is 380 g/mol. The summed E-state index contributed by atoms with van der Waals surface area (Å²) in [5.41, 5.74) is 2.45. The Hall–Kier alpha value is -3.20. The summed E-state index contributed by atoms with van der Waals surface area (Å²) >= 11 is 1.42. The smallest absolute Gasteiger partial charge is 0.266 e. The highest BCUT2D eigenvalue weighted by atomic mass is 32.2. The summed E-state index contributed by atoms with van der Waals surface area (Å²) in [6.45, 7) is 3.24. The topological polar surface area (TPSA) is 94.2 Å². The molecule has 0 bridgehead atoms. The van der Waals surface area contributed by atoms with Gasteiger partial charge >= 0.3 is 0 Å². The van der Waals surface area contributed by atoms with Crippen molar-refractivity contribution in [3.63, 3.8) is 0 Å². The molecule has 0 aliphatic carbocycles. The molecule has 3 aromatic heterocycles. The van der Waals surface area contributed by atoms with Crippen molar-refractivity contribution in [2.24, 2.45) is 0 Å². The van der Waals surface area contributed by atoms with Crippen molar-refractivity contribution >= 4 is 40.0 Å². The van der Waals surface area contributed by atoms with E-state index in [1.54, 1.807) is 46.5 Å². The van der Waals surface area contributed by atoms with Crippen LogP contribution in [-0.2, 0) is 4.79 Å². The van der Waals surface area contributed by atoms with E-state index in [4.69, 9.17) is 0 Å². The summed E-state index contributed by atoms with van der Waals surface area (Å²) in [4.78, 5) is 33.0. The number of benzene rings is 1. The quantitative estimate of drug-likeness (QED) is 0.549. The Morgan fingerprint density at radius 2 is 1.89 bits per heavy atom. The Labute approximate surface area is 158 Å². The van der Waals surface area contributed by atoms with Gasteiger partial charge in [0.05, 0.1) is 16.6 Å². The molecule has 27 heavy (non-hydrogen) atoms. The molecule has 136 valence electrons. The van der Waals surface area contributed by atoms with Gasteiger partial charge in [-0.25, -0.2) is 4.98 Å². The van der Waals surface area contributed by atoms with Crippen molar-refractivity contribution in [2.75, 3.05) is 11.6 Å². The molecule has 4 rings (SSSR count). The lowest BCUT2D eigenvalue weighted by Gasteiger charge is -2.10. The number of aryl methyl sites for hydroxylation is 1. The zero-order chi connectivity index (χ0) is 19.1. The highest BCUT2D eigenvalue weighted by molar-refractivity contribution is 7.98. The highest BCUT2D eigenvalue weighted by Crippen LogP contribution is 2.19. The van der Waals surface area contributed by atoms with E-state index in [2.05, 4.69) is 20.4 Å². The Morgan fingerprint density at radius 1 is 1.15 bits per heavy atom. The number of aromatic nitrogens is 5. The summed E-state index contributed by atoms with van der Waals surface area (Å²) in [6, 6.07) is 8.90. The second-order valence-electron chi connectivity index (χ2n) is 5.99. The third kappa shape index (κ3) is 2.95. The molecule has 0 saturated carbocycles. The summed E-state index contributed by atoms with van der Waals surface area (Å²) in [5, 5.41) is 8.21. The van der Waals surface area contributed by atoms with Gasteiger partial charge in [0.2, 0.25) is 11.1 Å². The molecule has 4 aromatic rings. The van der Waals surface area contributed by atoms with Crippen molar-refractivity contribution < 1.29 is 4.79 Å². The Kier molecular flexibility index (Phi) is 4.15. The van der Waals surface area contributed by atoms with E-state index in [0.717, 1.165) is 0 Å². The van der Waals surface area contributed by atoms with Crippen LogP contribution in [0.5, 0.6) is 0 Å². The van der Waals surface area contributed by atoms with Gasteiger partial charge in [-0.1, -0.05) is 11.8 Å². The van der Waals surface area contributed by atoms with Crippen molar-refractivity contribution in [3.05, 3.63) is 52.6 Å². The number of nitrogens with zero attached hydrogens (tertiary/aromatic N) is 5. The first-order chi connectivity index (χ1) is 13.0. The van der Waals surface area contributed by atoms with Crippen LogP contribution in [0.15, 0.2) is 46.5 Å². The Morgan fingerprint density at radius 3 is 2.56 bits per heavy atom. The van der Waals surface area contributed by atoms with E-state index >= 15 is 0 Å². The second-order valence-corrected chi connectivity index (χ2v) is 6.76. The van der Waals surface area contributed by atoms with Crippen LogP contribution >= 0.6 is 11.8 Å². The van der Waals surface area contributed by atoms with Crippen molar-refractivity contribution in [1.29, 1.82) is 0 Å². The fraction of sp³-hybridized carbons (Fsp3) is 0.167. The zero-order valence-corrected chi connectivity index (χ0v) is 15.7. The van der Waals surface area contributed by atoms with Gasteiger partial charge in [0.15, 0.2) is 0 Å². The molecular weight excluding hydrogens is 364 g/mol. The van der Waals surface area contributed by atoms with Gasteiger partial charge in [0.1, 0.15) is 0 Å². The summed E-state index contributed by atoms with van der Waals surface area (Å²) in [6.07, 6.45) is 3.60. The van der Waals surface area contributed by atoms with Crippen LogP contribution in [0.2, 0.25) is 0 Å². The number of nitrogens with one attached hydrogen (secondary N) is 1. The van der Waals surface area contributed by atoms with Crippen LogP contribution in [0.25, 0.3) is 22.4 Å². The molecule has 1 amide bonds. The lowest BCUT2D eigenvalue weighted by atomic mass is 10.2. The van der Waals surface area contributed by atoms with E-state index in [0.29, 0.717) is 38.9 Å². The maximum atomic E-state index is 13.1. The molecule has 0 atom stereocenters. The third-order valence-corrected chi connectivity index (χ3v) is 4.69. The average molecular weight is 380 g/mol. The molecule has 9 heteroatoms. The Balaban J connectivity index is 1.89. The minimum atomic E-state index is -0.187. The largest absolute Gasteiger partial charge is 0.326 e. The predicted octanol–water partition coefficient (Wildman–Crippen LogP) is 2.42. The maximum Gasteiger partial charge on any atom is 0.266 e. The predicted molar refractivity (Wildman–Crippen MR) is 105 cm³/mol. The molecule has 0 unspecified atom stereocenters. The number of hydrogen-bond acceptors (Lipinski definition) is 6. The molecule has 1 aromatic carbocycles. The normalized spacial score (nSPS) is 11.2. The van der Waals surface area contributed by atoms with Crippen molar-refractivity contribution in [1.82, 2.24) is 24.1 Å². The van der Waals surface area contributed by atoms with E-state index in [1.807, 2.05) is 12.3 Å².